The van der Waals surface area contributed by atoms with Crippen LogP contribution >= 0.6 is 11.3 Å². The molecule has 0 fully saturated rings. The van der Waals surface area contributed by atoms with Crippen molar-refractivity contribution in [3.63, 3.8) is 0 Å². The molecule has 4 aromatic rings. The van der Waals surface area contributed by atoms with Crippen LogP contribution in [0.3, 0.4) is 0 Å². The molecule has 0 saturated carbocycles. The number of primary amides is 1. The number of para-hydroxylation sites is 1. The van der Waals surface area contributed by atoms with E-state index in [9.17, 15) is 4.79 Å². The van der Waals surface area contributed by atoms with E-state index in [1.165, 1.54) is 11.1 Å². The van der Waals surface area contributed by atoms with E-state index in [0.29, 0.717) is 0 Å². The lowest BCUT2D eigenvalue weighted by atomic mass is 10.1. The molecule has 144 valence electrons. The van der Waals surface area contributed by atoms with Gasteiger partial charge >= 0.3 is 0 Å². The third-order valence-electron chi connectivity index (χ3n) is 4.44. The van der Waals surface area contributed by atoms with Gasteiger partial charge in [-0.1, -0.05) is 24.3 Å². The van der Waals surface area contributed by atoms with Gasteiger partial charge in [-0.25, -0.2) is 4.98 Å². The molecule has 0 unspecified atom stereocenters. The van der Waals surface area contributed by atoms with Crippen LogP contribution in [0.5, 0.6) is 0 Å². The minimum Gasteiger partial charge on any atom is -1.00 e. The Morgan fingerprint density at radius 3 is 2.64 bits per heavy atom. The number of hydrogen-bond donors (Lipinski definition) is 2. The molecule has 1 amide bonds. The average Bonchev–Trinajstić information content (AvgIpc) is 3.25. The number of imidazole rings is 1. The van der Waals surface area contributed by atoms with Crippen LogP contribution in [0, 0.1) is 13.8 Å². The molecule has 0 aliphatic heterocycles. The molecule has 4 rings (SSSR count). The predicted molar refractivity (Wildman–Crippen MR) is 107 cm³/mol. The molecule has 0 aliphatic carbocycles. The summed E-state index contributed by atoms with van der Waals surface area (Å²) in [7, 11) is 0. The van der Waals surface area contributed by atoms with E-state index in [1.54, 1.807) is 15.9 Å². The summed E-state index contributed by atoms with van der Waals surface area (Å²) >= 11 is 1.64. The molecular formula is C20H20IN5OS. The minimum atomic E-state index is -0.386. The van der Waals surface area contributed by atoms with Crippen LogP contribution < -0.4 is 39.6 Å². The number of aryl methyl sites for hydroxylation is 2. The summed E-state index contributed by atoms with van der Waals surface area (Å²) in [6.45, 7) is 4.30. The van der Waals surface area contributed by atoms with E-state index < -0.39 is 0 Å². The first kappa shape index (κ1) is 20.3. The van der Waals surface area contributed by atoms with Crippen molar-refractivity contribution in [1.29, 1.82) is 0 Å². The Kier molecular flexibility index (Phi) is 5.99. The largest absolute Gasteiger partial charge is 1.00 e. The van der Waals surface area contributed by atoms with Gasteiger partial charge in [0.1, 0.15) is 11.5 Å². The van der Waals surface area contributed by atoms with E-state index in [0.717, 1.165) is 27.7 Å². The molecule has 0 bridgehead atoms. The van der Waals surface area contributed by atoms with E-state index in [-0.39, 0.29) is 36.4 Å². The van der Waals surface area contributed by atoms with Crippen LogP contribution in [-0.2, 0) is 11.3 Å². The molecule has 1 aromatic carbocycles. The van der Waals surface area contributed by atoms with Crippen LogP contribution in [0.25, 0.3) is 16.2 Å². The third-order valence-corrected chi connectivity index (χ3v) is 5.32. The Hall–Kier alpha value is -2.46. The number of benzene rings is 1. The Labute approximate surface area is 184 Å². The summed E-state index contributed by atoms with van der Waals surface area (Å²) < 4.78 is 3.74. The van der Waals surface area contributed by atoms with Gasteiger partial charge in [-0.3, -0.25) is 9.20 Å². The summed E-state index contributed by atoms with van der Waals surface area (Å²) in [6, 6.07) is 10.3. The SMILES string of the molecule is Cc1cccc(C)c1Nc1c(-c2cccs2)nc2c[n+](CC(N)=O)ccn12.[I-]. The van der Waals surface area contributed by atoms with Crippen LogP contribution in [0.1, 0.15) is 11.1 Å². The van der Waals surface area contributed by atoms with Crippen molar-refractivity contribution in [2.24, 2.45) is 5.73 Å². The zero-order valence-electron chi connectivity index (χ0n) is 15.5. The summed E-state index contributed by atoms with van der Waals surface area (Å²) in [4.78, 5) is 17.1. The van der Waals surface area contributed by atoms with Crippen molar-refractivity contribution in [3.05, 3.63) is 65.4 Å². The fourth-order valence-corrected chi connectivity index (χ4v) is 3.86. The van der Waals surface area contributed by atoms with Gasteiger partial charge in [-0.15, -0.1) is 11.3 Å². The summed E-state index contributed by atoms with van der Waals surface area (Å²) in [5.41, 5.74) is 10.4. The van der Waals surface area contributed by atoms with E-state index in [1.807, 2.05) is 34.4 Å². The lowest BCUT2D eigenvalue weighted by Crippen LogP contribution is -3.00. The van der Waals surface area contributed by atoms with Gasteiger partial charge in [-0.2, -0.15) is 4.57 Å². The molecule has 3 heterocycles. The number of amides is 1. The molecule has 0 saturated heterocycles. The number of hydrogen-bond acceptors (Lipinski definition) is 4. The summed E-state index contributed by atoms with van der Waals surface area (Å²) in [6.07, 6.45) is 5.56. The second-order valence-corrected chi connectivity index (χ2v) is 7.42. The Bertz CT molecular complexity index is 1120. The molecule has 3 aromatic heterocycles. The number of rotatable bonds is 5. The predicted octanol–water partition coefficient (Wildman–Crippen LogP) is 0.200. The van der Waals surface area contributed by atoms with Crippen LogP contribution in [0.4, 0.5) is 11.5 Å². The second-order valence-electron chi connectivity index (χ2n) is 6.47. The molecule has 8 heteroatoms. The number of nitrogens with one attached hydrogen (secondary N) is 1. The molecule has 0 aliphatic rings. The van der Waals surface area contributed by atoms with Crippen molar-refractivity contribution in [3.8, 4) is 10.6 Å². The molecule has 0 radical (unpaired) electrons. The van der Waals surface area contributed by atoms with Gasteiger partial charge in [0.25, 0.3) is 5.91 Å². The molecule has 6 nitrogen and oxygen atoms in total. The normalized spacial score (nSPS) is 10.6. The van der Waals surface area contributed by atoms with Crippen LogP contribution in [-0.4, -0.2) is 15.3 Å². The zero-order chi connectivity index (χ0) is 19.0. The highest BCUT2D eigenvalue weighted by molar-refractivity contribution is 7.13. The van der Waals surface area contributed by atoms with Gasteiger partial charge < -0.3 is 35.0 Å². The molecule has 0 atom stereocenters. The van der Waals surface area contributed by atoms with Crippen molar-refractivity contribution < 1.29 is 33.3 Å². The number of thiophene rings is 1. The van der Waals surface area contributed by atoms with Gasteiger partial charge in [0.05, 0.1) is 11.1 Å². The van der Waals surface area contributed by atoms with E-state index >= 15 is 0 Å². The van der Waals surface area contributed by atoms with Gasteiger partial charge in [0.15, 0.2) is 6.20 Å². The summed E-state index contributed by atoms with van der Waals surface area (Å²) in [5.74, 6) is 0.513. The Balaban J connectivity index is 0.00000225. The zero-order valence-corrected chi connectivity index (χ0v) is 18.5. The fourth-order valence-electron chi connectivity index (χ4n) is 3.15. The van der Waals surface area contributed by atoms with Crippen molar-refractivity contribution >= 4 is 34.4 Å². The van der Waals surface area contributed by atoms with Gasteiger partial charge in [0, 0.05) is 5.69 Å². The van der Waals surface area contributed by atoms with Crippen LogP contribution in [0.2, 0.25) is 0 Å². The standard InChI is InChI=1S/C20H19N5OS.HI/c1-13-5-3-6-14(2)18(13)23-20-19(15-7-4-10-27-15)22-17-12-24(11-16(21)26)8-9-25(17)20;/h3-10,12H,11H2,1-2H3,(H2,21,26);1H. The molecule has 28 heavy (non-hydrogen) atoms. The first-order chi connectivity index (χ1) is 13.0. The minimum absolute atomic E-state index is 0. The van der Waals surface area contributed by atoms with Crippen molar-refractivity contribution in [2.45, 2.75) is 20.4 Å². The number of nitrogens with zero attached hydrogens (tertiary/aromatic N) is 3. The lowest BCUT2D eigenvalue weighted by molar-refractivity contribution is -0.683. The third kappa shape index (κ3) is 3.88. The second kappa shape index (κ2) is 8.27. The van der Waals surface area contributed by atoms with Crippen LogP contribution in [0.15, 0.2) is 54.3 Å². The Morgan fingerprint density at radius 1 is 1.25 bits per heavy atom. The fraction of sp³-hybridized carbons (Fsp3) is 0.150. The molecular weight excluding hydrogens is 485 g/mol. The monoisotopic (exact) mass is 505 g/mol. The van der Waals surface area contributed by atoms with Crippen molar-refractivity contribution in [1.82, 2.24) is 9.38 Å². The topological polar surface area (TPSA) is 76.3 Å². The smallest absolute Gasteiger partial charge is 0.283 e. The summed E-state index contributed by atoms with van der Waals surface area (Å²) in [5, 5.41) is 5.62. The number of nitrogens with two attached hydrogens (primary N) is 1. The number of anilines is 2. The number of carbonyl (C=O) groups excluding carboxylic acids is 1. The number of fused-ring (bicyclic) bond motifs is 1. The van der Waals surface area contributed by atoms with Crippen molar-refractivity contribution in [2.75, 3.05) is 5.32 Å². The maximum atomic E-state index is 11.2. The maximum Gasteiger partial charge on any atom is 0.283 e. The van der Waals surface area contributed by atoms with E-state index in [2.05, 4.69) is 43.4 Å². The molecule has 0 spiro atoms. The quantitative estimate of drug-likeness (QED) is 0.301. The first-order valence-electron chi connectivity index (χ1n) is 8.59. The number of carbonyl (C=O) groups is 1. The van der Waals surface area contributed by atoms with E-state index in [4.69, 9.17) is 10.7 Å². The highest BCUT2D eigenvalue weighted by Crippen LogP contribution is 2.34. The lowest BCUT2D eigenvalue weighted by Gasteiger charge is -2.13. The maximum absolute atomic E-state index is 11.2. The molecule has 3 N–H and O–H groups in total. The number of aromatic nitrogens is 3. The first-order valence-corrected chi connectivity index (χ1v) is 9.47. The van der Waals surface area contributed by atoms with Gasteiger partial charge in [0.2, 0.25) is 18.4 Å². The Morgan fingerprint density at radius 2 is 2.00 bits per heavy atom. The average molecular weight is 505 g/mol. The van der Waals surface area contributed by atoms with Gasteiger partial charge in [-0.05, 0) is 36.4 Å². The highest BCUT2D eigenvalue weighted by atomic mass is 127. The highest BCUT2D eigenvalue weighted by Gasteiger charge is 2.19. The number of halogens is 1.